The summed E-state index contributed by atoms with van der Waals surface area (Å²) in [4.78, 5) is 0.0758. The van der Waals surface area contributed by atoms with Crippen LogP contribution in [0.4, 0.5) is 4.39 Å². The van der Waals surface area contributed by atoms with Gasteiger partial charge in [-0.05, 0) is 68.1 Å². The topological polar surface area (TPSA) is 55.4 Å². The Bertz CT molecular complexity index is 848. The molecule has 0 fully saturated rings. The number of rotatable bonds is 6. The standard InChI is InChI=1S/C18H22FNO3S/c1-12-5-6-13(2)18(15(12)4)23-10-9-20-24(21,22)17-8-7-16(19)11-14(17)3/h5-8,11,20H,9-10H2,1-4H3. The number of halogens is 1. The molecule has 0 aromatic heterocycles. The third-order valence-electron chi connectivity index (χ3n) is 3.94. The molecule has 2 aromatic carbocycles. The van der Waals surface area contributed by atoms with E-state index >= 15 is 0 Å². The van der Waals surface area contributed by atoms with Crippen LogP contribution in [0.5, 0.6) is 5.75 Å². The average Bonchev–Trinajstić information content (AvgIpc) is 2.50. The fourth-order valence-corrected chi connectivity index (χ4v) is 3.71. The minimum absolute atomic E-state index is 0.0758. The fourth-order valence-electron chi connectivity index (χ4n) is 2.47. The van der Waals surface area contributed by atoms with Crippen molar-refractivity contribution in [3.63, 3.8) is 0 Å². The van der Waals surface area contributed by atoms with Crippen molar-refractivity contribution in [2.24, 2.45) is 0 Å². The molecule has 0 saturated carbocycles. The van der Waals surface area contributed by atoms with E-state index in [4.69, 9.17) is 4.74 Å². The molecule has 0 aliphatic carbocycles. The van der Waals surface area contributed by atoms with E-state index in [0.717, 1.165) is 28.5 Å². The summed E-state index contributed by atoms with van der Waals surface area (Å²) in [5.74, 6) is 0.326. The molecule has 2 aromatic rings. The molecule has 24 heavy (non-hydrogen) atoms. The van der Waals surface area contributed by atoms with Gasteiger partial charge in [0.05, 0.1) is 4.90 Å². The van der Waals surface area contributed by atoms with Crippen molar-refractivity contribution in [1.82, 2.24) is 4.72 Å². The Morgan fingerprint density at radius 3 is 2.33 bits per heavy atom. The third-order valence-corrected chi connectivity index (χ3v) is 5.56. The summed E-state index contributed by atoms with van der Waals surface area (Å²) in [6, 6.07) is 7.60. The van der Waals surface area contributed by atoms with Gasteiger partial charge in [0.1, 0.15) is 18.2 Å². The fraction of sp³-hybridized carbons (Fsp3) is 0.333. The molecule has 130 valence electrons. The Morgan fingerprint density at radius 2 is 1.67 bits per heavy atom. The number of sulfonamides is 1. The van der Waals surface area contributed by atoms with E-state index in [9.17, 15) is 12.8 Å². The molecule has 6 heteroatoms. The van der Waals surface area contributed by atoms with Crippen molar-refractivity contribution >= 4 is 10.0 Å². The minimum atomic E-state index is -3.69. The van der Waals surface area contributed by atoms with E-state index in [1.54, 1.807) is 6.92 Å². The van der Waals surface area contributed by atoms with E-state index < -0.39 is 15.8 Å². The first kappa shape index (κ1) is 18.4. The first-order valence-electron chi connectivity index (χ1n) is 7.68. The molecule has 4 nitrogen and oxygen atoms in total. The number of aryl methyl sites for hydroxylation is 3. The van der Waals surface area contributed by atoms with Crippen LogP contribution in [-0.4, -0.2) is 21.6 Å². The molecular formula is C18H22FNO3S. The van der Waals surface area contributed by atoms with Crippen LogP contribution < -0.4 is 9.46 Å². The number of benzene rings is 2. The van der Waals surface area contributed by atoms with E-state index in [0.29, 0.717) is 5.56 Å². The van der Waals surface area contributed by atoms with Gasteiger partial charge in [-0.3, -0.25) is 0 Å². The van der Waals surface area contributed by atoms with Crippen molar-refractivity contribution in [1.29, 1.82) is 0 Å². The Labute approximate surface area is 142 Å². The van der Waals surface area contributed by atoms with Crippen molar-refractivity contribution in [3.05, 3.63) is 58.4 Å². The second-order valence-electron chi connectivity index (χ2n) is 5.81. The maximum absolute atomic E-state index is 13.1. The Hall–Kier alpha value is -1.92. The SMILES string of the molecule is Cc1cc(F)ccc1S(=O)(=O)NCCOc1c(C)ccc(C)c1C. The van der Waals surface area contributed by atoms with E-state index in [-0.39, 0.29) is 18.0 Å². The van der Waals surface area contributed by atoms with Crippen LogP contribution in [0.25, 0.3) is 0 Å². The molecule has 0 aliphatic heterocycles. The van der Waals surface area contributed by atoms with Gasteiger partial charge in [0.2, 0.25) is 10.0 Å². The molecule has 0 bridgehead atoms. The minimum Gasteiger partial charge on any atom is -0.492 e. The Morgan fingerprint density at radius 1 is 1.00 bits per heavy atom. The summed E-state index contributed by atoms with van der Waals surface area (Å²) in [6.07, 6.45) is 0. The summed E-state index contributed by atoms with van der Waals surface area (Å²) >= 11 is 0. The Balaban J connectivity index is 2.00. The van der Waals surface area contributed by atoms with E-state index in [1.165, 1.54) is 12.1 Å². The maximum atomic E-state index is 13.1. The number of hydrogen-bond acceptors (Lipinski definition) is 3. The normalized spacial score (nSPS) is 11.5. The molecular weight excluding hydrogens is 329 g/mol. The summed E-state index contributed by atoms with van der Waals surface area (Å²) in [5, 5.41) is 0. The monoisotopic (exact) mass is 351 g/mol. The van der Waals surface area contributed by atoms with Gasteiger partial charge in [-0.25, -0.2) is 17.5 Å². The van der Waals surface area contributed by atoms with Crippen LogP contribution in [0, 0.1) is 33.5 Å². The van der Waals surface area contributed by atoms with Gasteiger partial charge in [0.25, 0.3) is 0 Å². The lowest BCUT2D eigenvalue weighted by atomic mass is 10.1. The molecule has 0 spiro atoms. The van der Waals surface area contributed by atoms with Crippen molar-refractivity contribution in [2.45, 2.75) is 32.6 Å². The Kier molecular flexibility index (Phi) is 5.62. The largest absolute Gasteiger partial charge is 0.492 e. The molecule has 1 N–H and O–H groups in total. The summed E-state index contributed by atoms with van der Waals surface area (Å²) < 4.78 is 45.9. The quantitative estimate of drug-likeness (QED) is 0.812. The first-order valence-corrected chi connectivity index (χ1v) is 9.16. The second-order valence-corrected chi connectivity index (χ2v) is 7.54. The van der Waals surface area contributed by atoms with E-state index in [2.05, 4.69) is 4.72 Å². The van der Waals surface area contributed by atoms with Crippen molar-refractivity contribution in [3.8, 4) is 5.75 Å². The van der Waals surface area contributed by atoms with Gasteiger partial charge in [0.15, 0.2) is 0 Å². The van der Waals surface area contributed by atoms with Crippen LogP contribution in [0.1, 0.15) is 22.3 Å². The molecule has 0 aliphatic rings. The number of hydrogen-bond donors (Lipinski definition) is 1. The molecule has 2 rings (SSSR count). The predicted octanol–water partition coefficient (Wildman–Crippen LogP) is 3.42. The van der Waals surface area contributed by atoms with Crippen LogP contribution in [0.15, 0.2) is 35.2 Å². The lowest BCUT2D eigenvalue weighted by Gasteiger charge is -2.14. The van der Waals surface area contributed by atoms with Crippen LogP contribution in [0.3, 0.4) is 0 Å². The lowest BCUT2D eigenvalue weighted by molar-refractivity contribution is 0.318. The first-order chi connectivity index (χ1) is 11.2. The molecule has 0 saturated heterocycles. The van der Waals surface area contributed by atoms with Gasteiger partial charge < -0.3 is 4.74 Å². The zero-order chi connectivity index (χ0) is 17.9. The predicted molar refractivity (Wildman–Crippen MR) is 92.5 cm³/mol. The maximum Gasteiger partial charge on any atom is 0.240 e. The van der Waals surface area contributed by atoms with Crippen LogP contribution in [-0.2, 0) is 10.0 Å². The van der Waals surface area contributed by atoms with E-state index in [1.807, 2.05) is 32.9 Å². The average molecular weight is 351 g/mol. The highest BCUT2D eigenvalue weighted by atomic mass is 32.2. The molecule has 0 heterocycles. The number of ether oxygens (including phenoxy) is 1. The van der Waals surface area contributed by atoms with Gasteiger partial charge in [0, 0.05) is 6.54 Å². The van der Waals surface area contributed by atoms with Crippen molar-refractivity contribution in [2.75, 3.05) is 13.2 Å². The second kappa shape index (κ2) is 7.32. The highest BCUT2D eigenvalue weighted by molar-refractivity contribution is 7.89. The van der Waals surface area contributed by atoms with Gasteiger partial charge in [-0.2, -0.15) is 0 Å². The highest BCUT2D eigenvalue weighted by Gasteiger charge is 2.16. The summed E-state index contributed by atoms with van der Waals surface area (Å²) in [5.41, 5.74) is 3.55. The molecule has 0 atom stereocenters. The zero-order valence-corrected chi connectivity index (χ0v) is 15.1. The molecule has 0 radical (unpaired) electrons. The summed E-state index contributed by atoms with van der Waals surface area (Å²) in [6.45, 7) is 7.84. The third kappa shape index (κ3) is 4.13. The van der Waals surface area contributed by atoms with Crippen LogP contribution >= 0.6 is 0 Å². The highest BCUT2D eigenvalue weighted by Crippen LogP contribution is 2.25. The zero-order valence-electron chi connectivity index (χ0n) is 14.3. The molecule has 0 amide bonds. The lowest BCUT2D eigenvalue weighted by Crippen LogP contribution is -2.29. The van der Waals surface area contributed by atoms with Gasteiger partial charge >= 0.3 is 0 Å². The summed E-state index contributed by atoms with van der Waals surface area (Å²) in [7, 11) is -3.69. The van der Waals surface area contributed by atoms with Crippen LogP contribution in [0.2, 0.25) is 0 Å². The van der Waals surface area contributed by atoms with Crippen molar-refractivity contribution < 1.29 is 17.5 Å². The van der Waals surface area contributed by atoms with Gasteiger partial charge in [-0.15, -0.1) is 0 Å². The van der Waals surface area contributed by atoms with Gasteiger partial charge in [-0.1, -0.05) is 12.1 Å². The smallest absolute Gasteiger partial charge is 0.240 e. The number of nitrogens with one attached hydrogen (secondary N) is 1. The molecule has 0 unspecified atom stereocenters.